The Kier molecular flexibility index (Phi) is 12.2. The summed E-state index contributed by atoms with van der Waals surface area (Å²) in [7, 11) is -1.13. The zero-order valence-electron chi connectivity index (χ0n) is 22.1. The van der Waals surface area contributed by atoms with Gasteiger partial charge in [0.05, 0.1) is 12.2 Å². The molecule has 0 fully saturated rings. The van der Waals surface area contributed by atoms with Crippen LogP contribution in [0.4, 0.5) is 13.2 Å². The lowest BCUT2D eigenvalue weighted by molar-refractivity contribution is -0.187. The van der Waals surface area contributed by atoms with Crippen molar-refractivity contribution >= 4 is 20.0 Å². The lowest BCUT2D eigenvalue weighted by atomic mass is 10.0. The fourth-order valence-corrected chi connectivity index (χ4v) is 6.66. The summed E-state index contributed by atoms with van der Waals surface area (Å²) in [5.74, 6) is -6.05. The molecular formula is C28H37F3O5Si. The molecular weight excluding hydrogens is 501 g/mol. The second-order valence-electron chi connectivity index (χ2n) is 9.96. The van der Waals surface area contributed by atoms with Crippen molar-refractivity contribution in [2.45, 2.75) is 84.0 Å². The summed E-state index contributed by atoms with van der Waals surface area (Å²) in [6.45, 7) is 9.46. The average Bonchev–Trinajstić information content (AvgIpc) is 2.88. The van der Waals surface area contributed by atoms with Crippen LogP contribution in [0.25, 0.3) is 0 Å². The number of carbonyl (C=O) groups is 2. The maximum absolute atomic E-state index is 14.3. The van der Waals surface area contributed by atoms with Crippen LogP contribution in [0.3, 0.4) is 0 Å². The highest BCUT2D eigenvalue weighted by Crippen LogP contribution is 2.24. The molecule has 0 N–H and O–H groups in total. The molecule has 0 radical (unpaired) electrons. The number of rotatable bonds is 14. The summed E-state index contributed by atoms with van der Waals surface area (Å²) in [6.07, 6.45) is 5.70. The Hall–Kier alpha value is -2.81. The first-order chi connectivity index (χ1) is 17.6. The van der Waals surface area contributed by atoms with Gasteiger partial charge in [0, 0.05) is 13.6 Å². The van der Waals surface area contributed by atoms with Crippen LogP contribution in [-0.4, -0.2) is 26.6 Å². The molecule has 37 heavy (non-hydrogen) atoms. The summed E-state index contributed by atoms with van der Waals surface area (Å²) in [6, 6.07) is 9.18. The first-order valence-corrected chi connectivity index (χ1v) is 16.3. The molecule has 0 amide bonds. The van der Waals surface area contributed by atoms with E-state index in [9.17, 15) is 22.8 Å². The Balaban J connectivity index is 1.83. The van der Waals surface area contributed by atoms with Crippen LogP contribution in [0.5, 0.6) is 5.75 Å². The van der Waals surface area contributed by atoms with Gasteiger partial charge in [-0.1, -0.05) is 64.7 Å². The number of hydrogen-bond acceptors (Lipinski definition) is 5. The molecule has 2 aromatic carbocycles. The highest BCUT2D eigenvalue weighted by atomic mass is 28.3. The van der Waals surface area contributed by atoms with E-state index in [2.05, 4.69) is 29.8 Å². The second-order valence-corrected chi connectivity index (χ2v) is 15.3. The predicted molar refractivity (Wildman–Crippen MR) is 139 cm³/mol. The maximum atomic E-state index is 14.3. The van der Waals surface area contributed by atoms with Gasteiger partial charge >= 0.3 is 11.9 Å². The van der Waals surface area contributed by atoms with Crippen LogP contribution in [0, 0.1) is 17.5 Å². The van der Waals surface area contributed by atoms with Gasteiger partial charge < -0.3 is 4.74 Å². The van der Waals surface area contributed by atoms with E-state index in [1.165, 1.54) is 37.1 Å². The smallest absolute Gasteiger partial charge is 0.389 e. The predicted octanol–water partition coefficient (Wildman–Crippen LogP) is 8.04. The Morgan fingerprint density at radius 2 is 1.43 bits per heavy atom. The van der Waals surface area contributed by atoms with Gasteiger partial charge in [-0.05, 0) is 49.6 Å². The van der Waals surface area contributed by atoms with Gasteiger partial charge in [-0.2, -0.15) is 0 Å². The minimum Gasteiger partial charge on any atom is -0.494 e. The lowest BCUT2D eigenvalue weighted by Gasteiger charge is -2.21. The third kappa shape index (κ3) is 9.53. The standard InChI is InChI=1S/C28H37F3O5Si/c1-5-7-11-22-24(29)19-23(26(31)25(22)30)28(33)36-35-27(32)20-12-14-21(15-13-20)34-16-9-10-18-37(3,4)17-8-6-2/h12-15,19H,5-11,16-18H2,1-4H3. The normalized spacial score (nSPS) is 11.3. The summed E-state index contributed by atoms with van der Waals surface area (Å²) < 4.78 is 48.4. The molecule has 0 aliphatic carbocycles. The van der Waals surface area contributed by atoms with Crippen LogP contribution >= 0.6 is 0 Å². The summed E-state index contributed by atoms with van der Waals surface area (Å²) in [5.41, 5.74) is -1.38. The molecule has 9 heteroatoms. The molecule has 0 spiro atoms. The first-order valence-electron chi connectivity index (χ1n) is 12.9. The number of halogens is 3. The third-order valence-electron chi connectivity index (χ3n) is 6.26. The van der Waals surface area contributed by atoms with Gasteiger partial charge in [0.25, 0.3) is 0 Å². The van der Waals surface area contributed by atoms with E-state index in [1.807, 2.05) is 6.92 Å². The number of hydrogen-bond donors (Lipinski definition) is 0. The minimum atomic E-state index is -1.55. The van der Waals surface area contributed by atoms with E-state index in [0.717, 1.165) is 12.8 Å². The SMILES string of the molecule is CCCCc1c(F)cc(C(=O)OOC(=O)c2ccc(OCCCC[Si](C)(C)CCCC)cc2)c(F)c1F. The largest absolute Gasteiger partial charge is 0.494 e. The topological polar surface area (TPSA) is 61.8 Å². The molecule has 0 heterocycles. The van der Waals surface area contributed by atoms with Crippen molar-refractivity contribution in [3.63, 3.8) is 0 Å². The molecule has 0 bridgehead atoms. The van der Waals surface area contributed by atoms with Gasteiger partial charge in [-0.25, -0.2) is 32.5 Å². The Morgan fingerprint density at radius 3 is 2.08 bits per heavy atom. The van der Waals surface area contributed by atoms with Gasteiger partial charge in [-0.3, -0.25) is 0 Å². The maximum Gasteiger partial charge on any atom is 0.389 e. The highest BCUT2D eigenvalue weighted by molar-refractivity contribution is 6.77. The molecule has 0 saturated heterocycles. The van der Waals surface area contributed by atoms with Crippen LogP contribution in [-0.2, 0) is 16.2 Å². The highest BCUT2D eigenvalue weighted by Gasteiger charge is 2.25. The van der Waals surface area contributed by atoms with E-state index in [1.54, 1.807) is 12.1 Å². The van der Waals surface area contributed by atoms with Gasteiger partial charge in [0.2, 0.25) is 0 Å². The number of benzene rings is 2. The fourth-order valence-electron chi connectivity index (χ4n) is 3.90. The minimum absolute atomic E-state index is 0.00607. The van der Waals surface area contributed by atoms with Crippen LogP contribution < -0.4 is 4.74 Å². The van der Waals surface area contributed by atoms with Crippen LogP contribution in [0.15, 0.2) is 30.3 Å². The fraction of sp³-hybridized carbons (Fsp3) is 0.500. The van der Waals surface area contributed by atoms with Crippen LogP contribution in [0.1, 0.15) is 78.7 Å². The van der Waals surface area contributed by atoms with Crippen molar-refractivity contribution < 1.29 is 37.3 Å². The van der Waals surface area contributed by atoms with Crippen molar-refractivity contribution in [2.75, 3.05) is 6.61 Å². The Bertz CT molecular complexity index is 1040. The lowest BCUT2D eigenvalue weighted by Crippen LogP contribution is -2.24. The molecule has 0 saturated carbocycles. The van der Waals surface area contributed by atoms with Crippen molar-refractivity contribution in [2.24, 2.45) is 0 Å². The Labute approximate surface area is 218 Å². The molecule has 0 aliphatic rings. The van der Waals surface area contributed by atoms with Crippen molar-refractivity contribution in [3.8, 4) is 5.75 Å². The van der Waals surface area contributed by atoms with E-state index in [4.69, 9.17) is 4.74 Å². The van der Waals surface area contributed by atoms with E-state index in [0.29, 0.717) is 31.3 Å². The molecule has 0 atom stereocenters. The molecule has 2 rings (SSSR count). The molecule has 5 nitrogen and oxygen atoms in total. The summed E-state index contributed by atoms with van der Waals surface area (Å²) in [4.78, 5) is 33.0. The van der Waals surface area contributed by atoms with Gasteiger partial charge in [0.1, 0.15) is 17.1 Å². The monoisotopic (exact) mass is 538 g/mol. The molecule has 0 aromatic heterocycles. The zero-order chi connectivity index (χ0) is 27.4. The molecule has 2 aromatic rings. The number of carbonyl (C=O) groups excluding carboxylic acids is 2. The van der Waals surface area contributed by atoms with Gasteiger partial charge in [-0.15, -0.1) is 0 Å². The number of ether oxygens (including phenoxy) is 1. The molecule has 0 unspecified atom stereocenters. The van der Waals surface area contributed by atoms with Crippen molar-refractivity contribution in [1.29, 1.82) is 0 Å². The van der Waals surface area contributed by atoms with Gasteiger partial charge in [0.15, 0.2) is 11.6 Å². The zero-order valence-corrected chi connectivity index (χ0v) is 23.1. The molecule has 204 valence electrons. The van der Waals surface area contributed by atoms with E-state index < -0.39 is 48.6 Å². The van der Waals surface area contributed by atoms with Crippen molar-refractivity contribution in [1.82, 2.24) is 0 Å². The summed E-state index contributed by atoms with van der Waals surface area (Å²) in [5, 5.41) is 0. The summed E-state index contributed by atoms with van der Waals surface area (Å²) >= 11 is 0. The first kappa shape index (κ1) is 30.4. The van der Waals surface area contributed by atoms with Crippen molar-refractivity contribution in [3.05, 3.63) is 64.5 Å². The average molecular weight is 539 g/mol. The third-order valence-corrected chi connectivity index (χ3v) is 9.67. The van der Waals surface area contributed by atoms with E-state index >= 15 is 0 Å². The van der Waals surface area contributed by atoms with Crippen LogP contribution in [0.2, 0.25) is 25.2 Å². The second kappa shape index (κ2) is 14.8. The molecule has 0 aliphatic heterocycles. The Morgan fingerprint density at radius 1 is 0.811 bits per heavy atom. The quantitative estimate of drug-likeness (QED) is 0.0801. The number of unbranched alkanes of at least 4 members (excludes halogenated alkanes) is 3. The van der Waals surface area contributed by atoms with E-state index in [-0.39, 0.29) is 12.0 Å².